The van der Waals surface area contributed by atoms with E-state index in [0.717, 1.165) is 27.9 Å². The number of fused-ring (bicyclic) bond motifs is 7. The number of hydrazine groups is 1. The number of halogens is 1. The molecule has 7 rings (SSSR count). The van der Waals surface area contributed by atoms with E-state index in [2.05, 4.69) is 15.7 Å². The van der Waals surface area contributed by atoms with Crippen molar-refractivity contribution in [1.29, 1.82) is 0 Å². The zero-order valence-corrected chi connectivity index (χ0v) is 37.5. The first-order chi connectivity index (χ1) is 29.2. The first-order valence-electron chi connectivity index (χ1n) is 20.5. The summed E-state index contributed by atoms with van der Waals surface area (Å²) in [5.41, 5.74) is 2.10. The Morgan fingerprint density at radius 2 is 1.92 bits per heavy atom. The molecule has 3 amide bonds. The predicted molar refractivity (Wildman–Crippen MR) is 231 cm³/mol. The van der Waals surface area contributed by atoms with Crippen LogP contribution < -0.4 is 20.4 Å². The fourth-order valence-electron chi connectivity index (χ4n) is 8.48. The predicted octanol–water partition coefficient (Wildman–Crippen LogP) is 4.01. The van der Waals surface area contributed by atoms with Crippen molar-refractivity contribution >= 4 is 52.2 Å². The zero-order chi connectivity index (χ0) is 45.3. The fraction of sp³-hybridized carbons (Fsp3) is 0.523. The molecule has 2 saturated heterocycles. The second-order valence-electron chi connectivity index (χ2n) is 17.0. The van der Waals surface area contributed by atoms with Crippen LogP contribution >= 0.6 is 11.6 Å². The molecule has 4 aliphatic heterocycles. The van der Waals surface area contributed by atoms with Crippen LogP contribution in [0.1, 0.15) is 64.6 Å². The van der Waals surface area contributed by atoms with Crippen molar-refractivity contribution in [2.24, 2.45) is 0 Å². The van der Waals surface area contributed by atoms with Crippen LogP contribution in [0.4, 0.5) is 10.5 Å². The Hall–Kier alpha value is -5.04. The number of nitrogens with one attached hydrogen (secondary N) is 2. The molecule has 6 bridgehead atoms. The summed E-state index contributed by atoms with van der Waals surface area (Å²) in [6.45, 7) is 7.64. The number of allylic oxidation sites excluding steroid dienone is 3. The third-order valence-electron chi connectivity index (χ3n) is 12.3. The van der Waals surface area contributed by atoms with Crippen LogP contribution in [0.25, 0.3) is 11.0 Å². The van der Waals surface area contributed by atoms with Crippen LogP contribution in [0.15, 0.2) is 60.3 Å². The summed E-state index contributed by atoms with van der Waals surface area (Å²) in [6, 6.07) is 8.31. The average molecular weight is 880 g/mol. The number of nitrogens with zero attached hydrogens (tertiary/aromatic N) is 5. The lowest BCUT2D eigenvalue weighted by Crippen LogP contribution is -2.72. The van der Waals surface area contributed by atoms with Crippen LogP contribution in [-0.2, 0) is 48.1 Å². The SMILES string of the molecule is CNN(C)Cc1cc2cccnc2n1CCC(=O)N(C)[C@@H](C)C(=O)O[C@H]1CC(=O)N(C)c2cc(cc(OC)c2Cl)C/C(C)=C/C=C/[C@@H](O)[C@@]2(O)C[C@H](OC(=O)N2)C2(C)C[C@@]1(C)O2. The number of aliphatic hydroxyl groups is 2. The highest BCUT2D eigenvalue weighted by atomic mass is 35.5. The Morgan fingerprint density at radius 3 is 2.61 bits per heavy atom. The number of alkyl carbamates (subject to hydrolysis) is 1. The zero-order valence-electron chi connectivity index (χ0n) is 36.7. The number of carbonyl (C=O) groups excluding carboxylic acids is 4. The van der Waals surface area contributed by atoms with Gasteiger partial charge in [-0.2, -0.15) is 0 Å². The monoisotopic (exact) mass is 879 g/mol. The minimum Gasteiger partial charge on any atom is -0.495 e. The molecule has 0 aliphatic carbocycles. The molecule has 6 heterocycles. The first kappa shape index (κ1) is 46.5. The van der Waals surface area contributed by atoms with Gasteiger partial charge in [0.1, 0.15) is 52.0 Å². The van der Waals surface area contributed by atoms with Gasteiger partial charge in [0, 0.05) is 64.2 Å². The van der Waals surface area contributed by atoms with Crippen molar-refractivity contribution in [1.82, 2.24) is 30.2 Å². The van der Waals surface area contributed by atoms with Gasteiger partial charge in [0.25, 0.3) is 0 Å². The third kappa shape index (κ3) is 9.62. The van der Waals surface area contributed by atoms with Crippen LogP contribution in [0.3, 0.4) is 0 Å². The lowest BCUT2D eigenvalue weighted by molar-refractivity contribution is -0.328. The molecule has 7 atom stereocenters. The summed E-state index contributed by atoms with van der Waals surface area (Å²) < 4.78 is 25.9. The van der Waals surface area contributed by atoms with Gasteiger partial charge >= 0.3 is 12.1 Å². The minimum absolute atomic E-state index is 0.0566. The van der Waals surface area contributed by atoms with Crippen molar-refractivity contribution in [3.63, 3.8) is 0 Å². The van der Waals surface area contributed by atoms with E-state index in [9.17, 15) is 29.4 Å². The number of hydrogen-bond donors (Lipinski definition) is 4. The summed E-state index contributed by atoms with van der Waals surface area (Å²) in [7, 11) is 8.29. The van der Waals surface area contributed by atoms with E-state index in [0.29, 0.717) is 30.9 Å². The standard InChI is InChI=1S/C44H58ClN7O10/c1-26-12-10-14-33(53)44(58)23-35(61-41(57)48-44)43(4)25-42(3,62-43)34(22-37(55)51(8)31-19-28(18-26)20-32(59-9)38(31)45)60-40(56)27(2)50(7)36(54)15-17-52-30(24-49(6)46-5)21-29-13-11-16-47-39(29)52/h10-14,16,19-21,27,33-35,46,53,58H,15,17-18,22-25H2,1-9H3,(H,48,57)/b14-10+,26-12+/t27-,33+,34-,35-,42+,43?,44-/m0/s1. The van der Waals surface area contributed by atoms with Crippen molar-refractivity contribution in [2.75, 3.05) is 40.2 Å². The number of benzene rings is 1. The highest BCUT2D eigenvalue weighted by molar-refractivity contribution is 6.35. The minimum atomic E-state index is -2.11. The Labute approximate surface area is 366 Å². The van der Waals surface area contributed by atoms with Crippen LogP contribution in [0.5, 0.6) is 5.75 Å². The highest BCUT2D eigenvalue weighted by Gasteiger charge is 2.63. The molecule has 1 unspecified atom stereocenters. The van der Waals surface area contributed by atoms with E-state index in [1.807, 2.05) is 48.8 Å². The summed E-state index contributed by atoms with van der Waals surface area (Å²) in [4.78, 5) is 62.2. The number of aryl methyl sites for hydroxylation is 1. The number of aromatic nitrogens is 2. The van der Waals surface area contributed by atoms with Gasteiger partial charge in [0.15, 0.2) is 5.72 Å². The van der Waals surface area contributed by atoms with Gasteiger partial charge in [-0.05, 0) is 77.1 Å². The normalized spacial score (nSPS) is 28.6. The molecule has 2 fully saturated rings. The third-order valence-corrected chi connectivity index (χ3v) is 12.7. The molecule has 2 aromatic heterocycles. The molecule has 0 radical (unpaired) electrons. The number of likely N-dealkylation sites (N-methyl/N-ethyl adjacent to an activating group) is 1. The van der Waals surface area contributed by atoms with E-state index in [1.54, 1.807) is 58.3 Å². The lowest BCUT2D eigenvalue weighted by Gasteiger charge is -2.59. The van der Waals surface area contributed by atoms with Crippen LogP contribution in [-0.4, -0.2) is 130 Å². The van der Waals surface area contributed by atoms with Gasteiger partial charge < -0.3 is 43.5 Å². The van der Waals surface area contributed by atoms with E-state index in [1.165, 1.54) is 30.0 Å². The van der Waals surface area contributed by atoms with Gasteiger partial charge in [-0.25, -0.2) is 19.6 Å². The molecular formula is C44H58ClN7O10. The molecular weight excluding hydrogens is 822 g/mol. The van der Waals surface area contributed by atoms with Gasteiger partial charge in [-0.1, -0.05) is 35.4 Å². The second kappa shape index (κ2) is 18.4. The molecule has 0 spiro atoms. The molecule has 3 aromatic rings. The Balaban J connectivity index is 1.27. The van der Waals surface area contributed by atoms with Crippen molar-refractivity contribution in [3.05, 3.63) is 76.6 Å². The Morgan fingerprint density at radius 1 is 1.19 bits per heavy atom. The number of aliphatic hydroxyl groups excluding tert-OH is 1. The fourth-order valence-corrected chi connectivity index (χ4v) is 8.79. The Kier molecular flexibility index (Phi) is 13.8. The number of amides is 3. The number of esters is 1. The number of pyridine rings is 1. The number of hydrogen-bond acceptors (Lipinski definition) is 13. The molecule has 62 heavy (non-hydrogen) atoms. The lowest BCUT2D eigenvalue weighted by atomic mass is 9.72. The maximum Gasteiger partial charge on any atom is 0.409 e. The molecule has 18 heteroatoms. The van der Waals surface area contributed by atoms with E-state index in [4.69, 9.17) is 30.5 Å². The largest absolute Gasteiger partial charge is 0.495 e. The van der Waals surface area contributed by atoms with E-state index in [-0.39, 0.29) is 36.6 Å². The number of carbonyl (C=O) groups is 4. The molecule has 4 N–H and O–H groups in total. The maximum atomic E-state index is 14.3. The summed E-state index contributed by atoms with van der Waals surface area (Å²) >= 11 is 6.79. The number of rotatable bonds is 10. The highest BCUT2D eigenvalue weighted by Crippen LogP contribution is 2.50. The van der Waals surface area contributed by atoms with Gasteiger partial charge in [0.05, 0.1) is 25.8 Å². The van der Waals surface area contributed by atoms with E-state index < -0.39 is 59.3 Å². The van der Waals surface area contributed by atoms with Gasteiger partial charge in [-0.3, -0.25) is 20.3 Å². The van der Waals surface area contributed by atoms with Gasteiger partial charge in [0.2, 0.25) is 11.8 Å². The van der Waals surface area contributed by atoms with Crippen LogP contribution in [0, 0.1) is 0 Å². The summed E-state index contributed by atoms with van der Waals surface area (Å²) in [6.07, 6.45) is 1.62. The topological polar surface area (TPSA) is 197 Å². The molecule has 4 aliphatic rings. The van der Waals surface area contributed by atoms with Crippen molar-refractivity contribution in [2.45, 2.75) is 114 Å². The second-order valence-corrected chi connectivity index (χ2v) is 17.4. The number of anilines is 1. The van der Waals surface area contributed by atoms with E-state index >= 15 is 0 Å². The number of methoxy groups -OCH3 is 1. The van der Waals surface area contributed by atoms with Crippen molar-refractivity contribution in [3.8, 4) is 5.75 Å². The van der Waals surface area contributed by atoms with Crippen molar-refractivity contribution < 1.29 is 48.3 Å². The number of ether oxygens (including phenoxy) is 4. The molecule has 1 aromatic carbocycles. The quantitative estimate of drug-likeness (QED) is 0.169. The average Bonchev–Trinajstić information content (AvgIpc) is 3.56. The summed E-state index contributed by atoms with van der Waals surface area (Å²) in [5.74, 6) is -1.22. The first-order valence-corrected chi connectivity index (χ1v) is 20.9. The summed E-state index contributed by atoms with van der Waals surface area (Å²) in [5, 5.41) is 28.1. The maximum absolute atomic E-state index is 14.3. The molecule has 336 valence electrons. The van der Waals surface area contributed by atoms with Gasteiger partial charge in [-0.15, -0.1) is 0 Å². The Bertz CT molecular complexity index is 2260. The molecule has 17 nitrogen and oxygen atoms in total. The molecule has 0 saturated carbocycles. The van der Waals surface area contributed by atoms with Crippen LogP contribution in [0.2, 0.25) is 5.02 Å². The smallest absolute Gasteiger partial charge is 0.409 e.